The van der Waals surface area contributed by atoms with Crippen LogP contribution in [0.2, 0.25) is 0 Å². The van der Waals surface area contributed by atoms with Crippen molar-refractivity contribution in [2.75, 3.05) is 20.1 Å². The molecule has 2 heterocycles. The molecule has 142 valence electrons. The van der Waals surface area contributed by atoms with Crippen molar-refractivity contribution in [2.45, 2.75) is 45.1 Å². The van der Waals surface area contributed by atoms with Crippen molar-refractivity contribution in [3.8, 4) is 0 Å². The molecule has 4 rings (SSSR count). The van der Waals surface area contributed by atoms with Gasteiger partial charge in [0.15, 0.2) is 0 Å². The molecule has 4 nitrogen and oxygen atoms in total. The van der Waals surface area contributed by atoms with Crippen LogP contribution in [-0.2, 0) is 0 Å². The molecule has 1 fully saturated rings. The number of hydrogen-bond acceptors (Lipinski definition) is 4. The highest BCUT2D eigenvalue weighted by atomic mass is 32.1. The van der Waals surface area contributed by atoms with Gasteiger partial charge in [-0.25, -0.2) is 4.98 Å². The van der Waals surface area contributed by atoms with E-state index < -0.39 is 0 Å². The van der Waals surface area contributed by atoms with Gasteiger partial charge in [-0.05, 0) is 51.1 Å². The van der Waals surface area contributed by atoms with Gasteiger partial charge in [-0.1, -0.05) is 30.9 Å². The van der Waals surface area contributed by atoms with Crippen LogP contribution in [0.4, 0.5) is 0 Å². The van der Waals surface area contributed by atoms with Gasteiger partial charge in [0, 0.05) is 29.9 Å². The minimum Gasteiger partial charge on any atom is -0.350 e. The van der Waals surface area contributed by atoms with E-state index >= 15 is 0 Å². The molecule has 27 heavy (non-hydrogen) atoms. The van der Waals surface area contributed by atoms with Crippen molar-refractivity contribution in [3.05, 3.63) is 40.8 Å². The third-order valence-corrected chi connectivity index (χ3v) is 6.67. The Morgan fingerprint density at radius 1 is 1.19 bits per heavy atom. The fourth-order valence-electron chi connectivity index (χ4n) is 4.00. The summed E-state index contributed by atoms with van der Waals surface area (Å²) in [6.07, 6.45) is 6.63. The van der Waals surface area contributed by atoms with Gasteiger partial charge in [-0.15, -0.1) is 11.3 Å². The lowest BCUT2D eigenvalue weighted by Crippen LogP contribution is -2.39. The Balaban J connectivity index is 1.40. The molecule has 0 atom stereocenters. The van der Waals surface area contributed by atoms with Crippen molar-refractivity contribution in [1.29, 1.82) is 0 Å². The number of rotatable bonds is 5. The largest absolute Gasteiger partial charge is 0.350 e. The molecule has 1 amide bonds. The Morgan fingerprint density at radius 3 is 2.81 bits per heavy atom. The maximum atomic E-state index is 12.6. The highest BCUT2D eigenvalue weighted by molar-refractivity contribution is 7.20. The SMILES string of the molecule is Cc1ccc2nc3sc(C(=O)NCCN(C)C4CCCCC4)cc3cc2c1. The molecule has 1 aliphatic rings. The lowest BCUT2D eigenvalue weighted by atomic mass is 9.94. The molecule has 1 saturated carbocycles. The Morgan fingerprint density at radius 2 is 2.00 bits per heavy atom. The van der Waals surface area contributed by atoms with Crippen molar-refractivity contribution < 1.29 is 4.79 Å². The summed E-state index contributed by atoms with van der Waals surface area (Å²) in [5.74, 6) is 0.00952. The number of nitrogens with zero attached hydrogens (tertiary/aromatic N) is 2. The van der Waals surface area contributed by atoms with Gasteiger partial charge in [0.25, 0.3) is 5.91 Å². The van der Waals surface area contributed by atoms with Crippen molar-refractivity contribution >= 4 is 38.4 Å². The zero-order valence-corrected chi connectivity index (χ0v) is 16.9. The molecule has 5 heteroatoms. The van der Waals surface area contributed by atoms with Crippen LogP contribution in [0.3, 0.4) is 0 Å². The number of benzene rings is 1. The van der Waals surface area contributed by atoms with Crippen molar-refractivity contribution in [2.24, 2.45) is 0 Å². The van der Waals surface area contributed by atoms with Crippen LogP contribution in [0, 0.1) is 6.92 Å². The lowest BCUT2D eigenvalue weighted by molar-refractivity contribution is 0.0948. The zero-order valence-electron chi connectivity index (χ0n) is 16.1. The average Bonchev–Trinajstić information content (AvgIpc) is 3.09. The molecule has 0 bridgehead atoms. The third-order valence-electron chi connectivity index (χ3n) is 5.63. The summed E-state index contributed by atoms with van der Waals surface area (Å²) >= 11 is 1.47. The van der Waals surface area contributed by atoms with Crippen LogP contribution in [0.5, 0.6) is 0 Å². The fraction of sp³-hybridized carbons (Fsp3) is 0.455. The molecule has 3 aromatic rings. The van der Waals surface area contributed by atoms with E-state index in [2.05, 4.69) is 42.4 Å². The van der Waals surface area contributed by atoms with E-state index in [-0.39, 0.29) is 5.91 Å². The molecule has 2 aromatic heterocycles. The Kier molecular flexibility index (Phi) is 5.41. The molecule has 0 aliphatic heterocycles. The molecule has 1 N–H and O–H groups in total. The highest BCUT2D eigenvalue weighted by Gasteiger charge is 2.18. The molecule has 0 saturated heterocycles. The van der Waals surface area contributed by atoms with Gasteiger partial charge in [-0.2, -0.15) is 0 Å². The third kappa shape index (κ3) is 4.14. The quantitative estimate of drug-likeness (QED) is 0.693. The monoisotopic (exact) mass is 381 g/mol. The summed E-state index contributed by atoms with van der Waals surface area (Å²) in [6, 6.07) is 11.0. The normalized spacial score (nSPS) is 15.7. The standard InChI is InChI=1S/C22H27N3OS/c1-15-8-9-19-16(12-15)13-17-14-20(27-22(17)24-19)21(26)23-10-11-25(2)18-6-4-3-5-7-18/h8-9,12-14,18H,3-7,10-11H2,1-2H3,(H,23,26). The number of fused-ring (bicyclic) bond motifs is 2. The van der Waals surface area contributed by atoms with Crippen LogP contribution >= 0.6 is 11.3 Å². The van der Waals surface area contributed by atoms with Crippen LogP contribution in [-0.4, -0.2) is 42.0 Å². The fourth-order valence-corrected chi connectivity index (χ4v) is 4.94. The first kappa shape index (κ1) is 18.4. The van der Waals surface area contributed by atoms with Gasteiger partial charge in [0.2, 0.25) is 0 Å². The molecule has 0 spiro atoms. The van der Waals surface area contributed by atoms with Crippen LogP contribution in [0.1, 0.15) is 47.3 Å². The predicted octanol–water partition coefficient (Wildman–Crippen LogP) is 4.75. The van der Waals surface area contributed by atoms with Crippen molar-refractivity contribution in [3.63, 3.8) is 0 Å². The van der Waals surface area contributed by atoms with E-state index in [1.54, 1.807) is 0 Å². The molecular weight excluding hydrogens is 354 g/mol. The topological polar surface area (TPSA) is 45.2 Å². The van der Waals surface area contributed by atoms with Crippen LogP contribution in [0.15, 0.2) is 30.3 Å². The van der Waals surface area contributed by atoms with Gasteiger partial charge in [0.1, 0.15) is 4.83 Å². The average molecular weight is 382 g/mol. The molecular formula is C22H27N3OS. The van der Waals surface area contributed by atoms with Gasteiger partial charge in [0.05, 0.1) is 10.4 Å². The maximum Gasteiger partial charge on any atom is 0.261 e. The first-order chi connectivity index (χ1) is 13.1. The molecule has 1 aromatic carbocycles. The number of aryl methyl sites for hydroxylation is 1. The number of pyridine rings is 1. The minimum atomic E-state index is 0.00952. The summed E-state index contributed by atoms with van der Waals surface area (Å²) in [7, 11) is 2.18. The van der Waals surface area contributed by atoms with Gasteiger partial charge >= 0.3 is 0 Å². The first-order valence-electron chi connectivity index (χ1n) is 9.89. The highest BCUT2D eigenvalue weighted by Crippen LogP contribution is 2.28. The van der Waals surface area contributed by atoms with E-state index in [1.807, 2.05) is 12.1 Å². The minimum absolute atomic E-state index is 0.00952. The maximum absolute atomic E-state index is 12.6. The number of hydrogen-bond donors (Lipinski definition) is 1. The van der Waals surface area contributed by atoms with E-state index in [4.69, 9.17) is 4.98 Å². The van der Waals surface area contributed by atoms with E-state index in [0.29, 0.717) is 12.6 Å². The number of carbonyl (C=O) groups excluding carboxylic acids is 1. The summed E-state index contributed by atoms with van der Waals surface area (Å²) in [4.78, 5) is 21.4. The Hall–Kier alpha value is -1.98. The van der Waals surface area contributed by atoms with E-state index in [9.17, 15) is 4.79 Å². The van der Waals surface area contributed by atoms with Crippen LogP contribution in [0.25, 0.3) is 21.1 Å². The lowest BCUT2D eigenvalue weighted by Gasteiger charge is -2.31. The van der Waals surface area contributed by atoms with Crippen LogP contribution < -0.4 is 5.32 Å². The van der Waals surface area contributed by atoms with E-state index in [0.717, 1.165) is 32.5 Å². The second-order valence-electron chi connectivity index (χ2n) is 7.72. The molecule has 1 aliphatic carbocycles. The summed E-state index contributed by atoms with van der Waals surface area (Å²) in [5.41, 5.74) is 2.20. The smallest absolute Gasteiger partial charge is 0.261 e. The number of likely N-dealkylation sites (N-methyl/N-ethyl adjacent to an activating group) is 1. The van der Waals surface area contributed by atoms with Gasteiger partial charge < -0.3 is 10.2 Å². The second kappa shape index (κ2) is 7.95. The summed E-state index contributed by atoms with van der Waals surface area (Å²) < 4.78 is 0. The Labute approximate surface area is 164 Å². The first-order valence-corrected chi connectivity index (χ1v) is 10.7. The number of carbonyl (C=O) groups is 1. The predicted molar refractivity (Wildman–Crippen MR) is 114 cm³/mol. The number of thiophene rings is 1. The Bertz CT molecular complexity index is 959. The summed E-state index contributed by atoms with van der Waals surface area (Å²) in [5, 5.41) is 5.25. The van der Waals surface area contributed by atoms with E-state index in [1.165, 1.54) is 49.0 Å². The molecule has 0 unspecified atom stereocenters. The second-order valence-corrected chi connectivity index (χ2v) is 8.75. The van der Waals surface area contributed by atoms with Gasteiger partial charge in [-0.3, -0.25) is 4.79 Å². The van der Waals surface area contributed by atoms with Crippen molar-refractivity contribution in [1.82, 2.24) is 15.2 Å². The number of aromatic nitrogens is 1. The number of nitrogens with one attached hydrogen (secondary N) is 1. The number of amides is 1. The molecule has 0 radical (unpaired) electrons. The zero-order chi connectivity index (χ0) is 18.8. The summed E-state index contributed by atoms with van der Waals surface area (Å²) in [6.45, 7) is 3.68.